The van der Waals surface area contributed by atoms with Gasteiger partial charge in [0.2, 0.25) is 0 Å². The lowest BCUT2D eigenvalue weighted by molar-refractivity contribution is 0.660. The van der Waals surface area contributed by atoms with Crippen molar-refractivity contribution in [3.8, 4) is 72.4 Å². The van der Waals surface area contributed by atoms with E-state index in [0.29, 0.717) is 0 Å². The molecule has 0 radical (unpaired) electrons. The highest BCUT2D eigenvalue weighted by Crippen LogP contribution is 2.55. The summed E-state index contributed by atoms with van der Waals surface area (Å²) in [6.07, 6.45) is 0. The normalized spacial score (nSPS) is 13.6. The Hall–Kier alpha value is -8.98. The van der Waals surface area contributed by atoms with Crippen molar-refractivity contribution in [2.45, 2.75) is 52.4 Å². The Morgan fingerprint density at radius 1 is 0.289 bits per heavy atom. The number of aryl methyl sites for hydroxylation is 2. The van der Waals surface area contributed by atoms with Crippen LogP contribution in [-0.4, -0.2) is 4.57 Å². The van der Waals surface area contributed by atoms with Crippen LogP contribution >= 0.6 is 0 Å². The fraction of sp³-hybridized carbons (Fsp3) is 0.108. The highest BCUT2D eigenvalue weighted by atomic mass is 15.1. The average Bonchev–Trinajstić information content (AvgIpc) is 4.17. The highest BCUT2D eigenvalue weighted by molar-refractivity contribution is 6.12. The van der Waals surface area contributed by atoms with E-state index in [0.717, 1.165) is 17.1 Å². The van der Waals surface area contributed by atoms with Crippen LogP contribution in [0.15, 0.2) is 243 Å². The molecule has 1 heterocycles. The summed E-state index contributed by atoms with van der Waals surface area (Å²) in [7, 11) is 0. The molecule has 0 bridgehead atoms. The van der Waals surface area contributed by atoms with E-state index < -0.39 is 0 Å². The van der Waals surface area contributed by atoms with Crippen molar-refractivity contribution < 1.29 is 0 Å². The number of benzene rings is 11. The highest BCUT2D eigenvalue weighted by Gasteiger charge is 2.39. The second-order valence-electron chi connectivity index (χ2n) is 22.4. The monoisotopic (exact) mass is 974 g/mol. The van der Waals surface area contributed by atoms with Crippen LogP contribution in [0.3, 0.4) is 0 Å². The lowest BCUT2D eigenvalue weighted by Crippen LogP contribution is -2.18. The van der Waals surface area contributed by atoms with E-state index in [1.807, 2.05) is 0 Å². The van der Waals surface area contributed by atoms with Gasteiger partial charge in [0.15, 0.2) is 0 Å². The van der Waals surface area contributed by atoms with E-state index >= 15 is 0 Å². The van der Waals surface area contributed by atoms with Crippen molar-refractivity contribution in [1.82, 2.24) is 4.57 Å². The smallest absolute Gasteiger partial charge is 0.0544 e. The second kappa shape index (κ2) is 17.3. The maximum Gasteiger partial charge on any atom is 0.0544 e. The summed E-state index contributed by atoms with van der Waals surface area (Å²) in [5, 5.41) is 2.56. The Morgan fingerprint density at radius 3 is 1.34 bits per heavy atom. The molecule has 2 aliphatic rings. The topological polar surface area (TPSA) is 8.17 Å². The molecule has 1 aromatic heterocycles. The van der Waals surface area contributed by atoms with Crippen molar-refractivity contribution in [1.29, 1.82) is 0 Å². The third-order valence-corrected chi connectivity index (χ3v) is 16.9. The Kier molecular flexibility index (Phi) is 10.4. The Bertz CT molecular complexity index is 4200. The first-order valence-electron chi connectivity index (χ1n) is 26.8. The van der Waals surface area contributed by atoms with Crippen molar-refractivity contribution in [3.63, 3.8) is 0 Å². The van der Waals surface area contributed by atoms with Gasteiger partial charge in [-0.25, -0.2) is 0 Å². The van der Waals surface area contributed by atoms with Crippen molar-refractivity contribution in [2.75, 3.05) is 4.90 Å². The molecule has 0 N–H and O–H groups in total. The molecule has 0 fully saturated rings. The van der Waals surface area contributed by atoms with Crippen LogP contribution in [0.1, 0.15) is 61.1 Å². The quantitative estimate of drug-likeness (QED) is 0.147. The van der Waals surface area contributed by atoms with Crippen molar-refractivity contribution in [3.05, 3.63) is 276 Å². The third kappa shape index (κ3) is 7.30. The minimum Gasteiger partial charge on any atom is -0.310 e. The zero-order chi connectivity index (χ0) is 51.5. The lowest BCUT2D eigenvalue weighted by Gasteiger charge is -2.29. The van der Waals surface area contributed by atoms with E-state index in [2.05, 4.69) is 294 Å². The average molecular weight is 975 g/mol. The molecule has 2 heteroatoms. The predicted octanol–water partition coefficient (Wildman–Crippen LogP) is 20.2. The summed E-state index contributed by atoms with van der Waals surface area (Å²) in [4.78, 5) is 2.46. The number of anilines is 3. The Balaban J connectivity index is 0.824. The molecule has 14 rings (SSSR count). The van der Waals surface area contributed by atoms with Gasteiger partial charge < -0.3 is 9.47 Å². The molecular weight excluding hydrogens is 917 g/mol. The number of hydrogen-bond acceptors (Lipinski definition) is 1. The summed E-state index contributed by atoms with van der Waals surface area (Å²) in [5.41, 5.74) is 29.5. The molecule has 0 saturated heterocycles. The fourth-order valence-electron chi connectivity index (χ4n) is 12.7. The Morgan fingerprint density at radius 2 is 0.737 bits per heavy atom. The number of nitrogens with zero attached hydrogens (tertiary/aromatic N) is 2. The molecule has 0 amide bonds. The van der Waals surface area contributed by atoms with Gasteiger partial charge in [-0.1, -0.05) is 184 Å². The summed E-state index contributed by atoms with van der Waals surface area (Å²) in [6.45, 7) is 13.9. The maximum absolute atomic E-state index is 2.47. The van der Waals surface area contributed by atoms with E-state index in [1.165, 1.54) is 128 Å². The molecule has 0 unspecified atom stereocenters. The van der Waals surface area contributed by atoms with E-state index in [1.54, 1.807) is 0 Å². The van der Waals surface area contributed by atoms with Gasteiger partial charge in [-0.15, -0.1) is 0 Å². The summed E-state index contributed by atoms with van der Waals surface area (Å²) < 4.78 is 2.44. The van der Waals surface area contributed by atoms with Crippen LogP contribution in [0.4, 0.5) is 17.1 Å². The molecule has 11 aromatic carbocycles. The van der Waals surface area contributed by atoms with Gasteiger partial charge >= 0.3 is 0 Å². The molecule has 0 saturated carbocycles. The zero-order valence-electron chi connectivity index (χ0n) is 44.0. The molecule has 364 valence electrons. The van der Waals surface area contributed by atoms with Gasteiger partial charge in [-0.2, -0.15) is 0 Å². The SMILES string of the molecule is Cc1ccc(-c2cc(-c3ccc(C)cc3)cc(-c3cccc(-c4ccc5c(c4)C(C)(C)c4cc(N(c6ccccc6)c6ccc7c(c6)C(C)(C)c6cc8c(cc6-7)c6ccccc6n8-c6ccccc6)ccc4-5)c3)c2)cc1. The summed E-state index contributed by atoms with van der Waals surface area (Å²) in [6, 6.07) is 90.9. The summed E-state index contributed by atoms with van der Waals surface area (Å²) in [5.74, 6) is 0. The first kappa shape index (κ1) is 45.6. The van der Waals surface area contributed by atoms with Crippen LogP contribution in [0.25, 0.3) is 94.3 Å². The zero-order valence-corrected chi connectivity index (χ0v) is 44.0. The standard InChI is InChI=1S/C74H58N2/c1-47-24-28-49(29-25-47)54-39-55(50-30-26-48(2)27-31-50)41-56(40-54)52-17-15-16-51(38-52)53-32-35-61-62-36-33-59(43-68(62)73(3,4)67(61)42-53)75(57-18-9-7-10-19-57)60-34-37-63-65-45-66-64-22-13-14-23-71(64)76(58-20-11-8-12-21-58)72(66)46-70(65)74(5,6)69(63)44-60/h7-46H,1-6H3. The largest absolute Gasteiger partial charge is 0.310 e. The first-order chi connectivity index (χ1) is 37.0. The van der Waals surface area contributed by atoms with Gasteiger partial charge in [0.1, 0.15) is 0 Å². The molecular formula is C74H58N2. The van der Waals surface area contributed by atoms with Gasteiger partial charge in [-0.3, -0.25) is 0 Å². The number of hydrogen-bond donors (Lipinski definition) is 0. The van der Waals surface area contributed by atoms with Crippen LogP contribution in [-0.2, 0) is 10.8 Å². The molecule has 12 aromatic rings. The maximum atomic E-state index is 2.47. The molecule has 76 heavy (non-hydrogen) atoms. The van der Waals surface area contributed by atoms with Crippen LogP contribution in [0, 0.1) is 13.8 Å². The number of rotatable bonds is 8. The lowest BCUT2D eigenvalue weighted by atomic mass is 9.81. The third-order valence-electron chi connectivity index (χ3n) is 16.9. The second-order valence-corrected chi connectivity index (χ2v) is 22.4. The van der Waals surface area contributed by atoms with Gasteiger partial charge in [0.05, 0.1) is 11.0 Å². The predicted molar refractivity (Wildman–Crippen MR) is 322 cm³/mol. The first-order valence-corrected chi connectivity index (χ1v) is 26.8. The Labute approximate surface area is 446 Å². The van der Waals surface area contributed by atoms with E-state index in [4.69, 9.17) is 0 Å². The van der Waals surface area contributed by atoms with Gasteiger partial charge in [-0.05, 0) is 200 Å². The van der Waals surface area contributed by atoms with Gasteiger partial charge in [0.25, 0.3) is 0 Å². The summed E-state index contributed by atoms with van der Waals surface area (Å²) >= 11 is 0. The fourth-order valence-corrected chi connectivity index (χ4v) is 12.7. The van der Waals surface area contributed by atoms with E-state index in [9.17, 15) is 0 Å². The minimum atomic E-state index is -0.240. The van der Waals surface area contributed by atoms with Crippen LogP contribution in [0.2, 0.25) is 0 Å². The number of fused-ring (bicyclic) bond motifs is 9. The van der Waals surface area contributed by atoms with Crippen LogP contribution in [0.5, 0.6) is 0 Å². The number of aromatic nitrogens is 1. The molecule has 0 spiro atoms. The molecule has 2 nitrogen and oxygen atoms in total. The van der Waals surface area contributed by atoms with E-state index in [-0.39, 0.29) is 10.8 Å². The van der Waals surface area contributed by atoms with Crippen LogP contribution < -0.4 is 4.90 Å². The number of para-hydroxylation sites is 3. The molecule has 0 aliphatic heterocycles. The molecule has 0 atom stereocenters. The minimum absolute atomic E-state index is 0.232. The van der Waals surface area contributed by atoms with Crippen molar-refractivity contribution in [2.24, 2.45) is 0 Å². The molecule has 2 aliphatic carbocycles. The van der Waals surface area contributed by atoms with Gasteiger partial charge in [0, 0.05) is 44.4 Å². The van der Waals surface area contributed by atoms with Crippen molar-refractivity contribution >= 4 is 38.9 Å².